The summed E-state index contributed by atoms with van der Waals surface area (Å²) in [5.41, 5.74) is 1.20. The molecule has 2 aromatic carbocycles. The van der Waals surface area contributed by atoms with Gasteiger partial charge >= 0.3 is 11.9 Å². The molecule has 82 heavy (non-hydrogen) atoms. The first-order valence-corrected chi connectivity index (χ1v) is 27.9. The number of nitrogens with zero attached hydrogens (tertiary/aromatic N) is 2. The van der Waals surface area contributed by atoms with Crippen LogP contribution in [0, 0.1) is 11.8 Å². The Bertz CT molecular complexity index is 2550. The predicted octanol–water partition coefficient (Wildman–Crippen LogP) is -1.29. The first-order valence-electron chi connectivity index (χ1n) is 27.9. The van der Waals surface area contributed by atoms with E-state index >= 15 is 0 Å². The van der Waals surface area contributed by atoms with E-state index in [1.807, 2.05) is 4.90 Å². The number of fused-ring (bicyclic) bond motifs is 2. The van der Waals surface area contributed by atoms with Gasteiger partial charge < -0.3 is 68.3 Å². The minimum atomic E-state index is -1.60. The second-order valence-electron chi connectivity index (χ2n) is 21.4. The van der Waals surface area contributed by atoms with Crippen LogP contribution >= 0.6 is 0 Å². The smallest absolute Gasteiger partial charge is 0.326 e. The van der Waals surface area contributed by atoms with Crippen molar-refractivity contribution in [1.82, 2.24) is 63.0 Å². The van der Waals surface area contributed by atoms with E-state index in [0.29, 0.717) is 11.1 Å². The highest BCUT2D eigenvalue weighted by Crippen LogP contribution is 2.18. The second kappa shape index (κ2) is 33.2. The third kappa shape index (κ3) is 21.0. The van der Waals surface area contributed by atoms with Gasteiger partial charge in [0.05, 0.1) is 12.1 Å². The molecule has 1 saturated heterocycles. The summed E-state index contributed by atoms with van der Waals surface area (Å²) in [4.78, 5) is 154. The largest absolute Gasteiger partial charge is 0.480 e. The molecule has 25 nitrogen and oxygen atoms in total. The molecule has 2 heterocycles. The lowest BCUT2D eigenvalue weighted by molar-refractivity contribution is -0.148. The molecule has 0 saturated carbocycles. The number of aliphatic carboxylic acids is 2. The fourth-order valence-corrected chi connectivity index (χ4v) is 9.12. The minimum Gasteiger partial charge on any atom is -0.480 e. The number of allylic oxidation sites excluding steroid dienone is 1. The molecule has 2 aromatic rings. The van der Waals surface area contributed by atoms with Gasteiger partial charge in [-0.05, 0) is 76.6 Å². The number of rotatable bonds is 17. The van der Waals surface area contributed by atoms with Gasteiger partial charge in [0.1, 0.15) is 48.3 Å². The van der Waals surface area contributed by atoms with E-state index in [2.05, 4.69) is 53.2 Å². The maximum Gasteiger partial charge on any atom is 0.326 e. The van der Waals surface area contributed by atoms with Crippen molar-refractivity contribution in [3.63, 3.8) is 0 Å². The molecule has 2 bridgehead atoms. The average Bonchev–Trinajstić information content (AvgIpc) is 3.52. The molecule has 0 spiro atoms. The highest BCUT2D eigenvalue weighted by molar-refractivity contribution is 5.97. The van der Waals surface area contributed by atoms with Crippen LogP contribution in [-0.2, 0) is 65.6 Å². The van der Waals surface area contributed by atoms with Crippen molar-refractivity contribution in [2.75, 3.05) is 46.8 Å². The standard InChI is InChI=1S/C57H84N12O13/c1-33(2)46(66-48(71)35(5)58-7)54(77)61-39-22-16-11-17-23-40(56(79)80)62-52(75)43(31-38-20-14-10-15-21-38)65-53(76)44-32-68(28-29-69(44)55(78)47(34(3)4)67-49(72)36(6)59-8)27-26-60-45(70)25-24-41(57(81)82)63-51(74)42(64-50(39)73)30-37-18-12-9-13-19-37/h9-16,18-21,33-36,39-44,46-47,58-59H,17,22-32H2,1-8H3,(H,60,70)(H,61,77)(H,62,75)(H,63,74)(H,64,73)(H,65,76)(H,66,71)(H,67,72)(H,79,80)(H,81,82). The van der Waals surface area contributed by atoms with E-state index in [4.69, 9.17) is 0 Å². The maximum absolute atomic E-state index is 14.7. The van der Waals surface area contributed by atoms with Crippen molar-refractivity contribution < 1.29 is 63.0 Å². The molecule has 0 aliphatic carbocycles. The number of carboxylic acids is 2. The predicted molar refractivity (Wildman–Crippen MR) is 303 cm³/mol. The lowest BCUT2D eigenvalue weighted by atomic mass is 9.99. The van der Waals surface area contributed by atoms with Crippen molar-refractivity contribution in [1.29, 1.82) is 0 Å². The molecule has 11 atom stereocenters. The van der Waals surface area contributed by atoms with Crippen molar-refractivity contribution in [2.45, 2.75) is 147 Å². The molecule has 12 N–H and O–H groups in total. The van der Waals surface area contributed by atoms with Crippen molar-refractivity contribution in [2.24, 2.45) is 11.8 Å². The highest BCUT2D eigenvalue weighted by Gasteiger charge is 2.41. The number of carboxylic acid groups (broad SMARTS) is 2. The summed E-state index contributed by atoms with van der Waals surface area (Å²) < 4.78 is 0. The number of nitrogens with one attached hydrogen (secondary N) is 10. The minimum absolute atomic E-state index is 0.00440. The monoisotopic (exact) mass is 1140 g/mol. The van der Waals surface area contributed by atoms with Crippen molar-refractivity contribution in [3.05, 3.63) is 83.9 Å². The van der Waals surface area contributed by atoms with Crippen LogP contribution in [0.15, 0.2) is 72.8 Å². The second-order valence-corrected chi connectivity index (χ2v) is 21.4. The summed E-state index contributed by atoms with van der Waals surface area (Å²) >= 11 is 0. The SMILES string of the molecule is CNC(C)C(=O)NC(C(=O)NC1CC=CCCC(C(=O)O)NC(=O)C(Cc2ccccc2)NC(=O)C2CN(CCNC(=O)CCC(C(=O)O)NC(=O)C(Cc3ccccc3)NC1=O)CCN2C(=O)C(NC(=O)C(C)NC)C(C)C)C(C)C. The number of likely N-dealkylation sites (N-methyl/N-ethyl adjacent to an activating group) is 2. The Kier molecular flexibility index (Phi) is 27.0. The Labute approximate surface area is 479 Å². The van der Waals surface area contributed by atoms with E-state index in [9.17, 15) is 63.0 Å². The number of hydrogen-bond acceptors (Lipinski definition) is 14. The maximum atomic E-state index is 14.7. The zero-order valence-electron chi connectivity index (χ0n) is 48.1. The molecule has 0 aromatic heterocycles. The Hall–Kier alpha value is -7.77. The molecule has 2 aliphatic heterocycles. The number of carbonyl (C=O) groups excluding carboxylic acids is 9. The normalized spacial score (nSPS) is 23.7. The Morgan fingerprint density at radius 1 is 0.598 bits per heavy atom. The van der Waals surface area contributed by atoms with Gasteiger partial charge in [0.15, 0.2) is 0 Å². The number of piperazine rings is 1. The fraction of sp³-hybridized carbons (Fsp3) is 0.561. The summed E-state index contributed by atoms with van der Waals surface area (Å²) in [7, 11) is 3.16. The molecular formula is C57H84N12O13. The first kappa shape index (κ1) is 66.7. The van der Waals surface area contributed by atoms with Crippen LogP contribution in [-0.4, -0.2) is 192 Å². The molecule has 2 aliphatic rings. The summed E-state index contributed by atoms with van der Waals surface area (Å²) in [5.74, 6) is -9.93. The Balaban J connectivity index is 1.76. The topological polar surface area (TPSA) is 355 Å². The number of hydrogen-bond donors (Lipinski definition) is 12. The summed E-state index contributed by atoms with van der Waals surface area (Å²) in [6.07, 6.45) is 1.68. The van der Waals surface area contributed by atoms with E-state index in [1.165, 1.54) is 17.1 Å². The van der Waals surface area contributed by atoms with Crippen LogP contribution in [0.5, 0.6) is 0 Å². The van der Waals surface area contributed by atoms with E-state index < -0.39 is 137 Å². The van der Waals surface area contributed by atoms with Crippen LogP contribution in [0.3, 0.4) is 0 Å². The molecule has 4 rings (SSSR count). The highest BCUT2D eigenvalue weighted by atomic mass is 16.4. The zero-order chi connectivity index (χ0) is 60.6. The third-order valence-corrected chi connectivity index (χ3v) is 14.4. The molecular weight excluding hydrogens is 1060 g/mol. The van der Waals surface area contributed by atoms with Crippen molar-refractivity contribution in [3.8, 4) is 0 Å². The summed E-state index contributed by atoms with van der Waals surface area (Å²) in [6, 6.07) is 5.12. The molecule has 25 heteroatoms. The summed E-state index contributed by atoms with van der Waals surface area (Å²) in [6.45, 7) is 10.4. The molecule has 11 unspecified atom stereocenters. The first-order chi connectivity index (χ1) is 38.9. The molecule has 450 valence electrons. The lowest BCUT2D eigenvalue weighted by Crippen LogP contribution is -2.66. The van der Waals surface area contributed by atoms with Crippen molar-refractivity contribution >= 4 is 65.1 Å². The quantitative estimate of drug-likeness (QED) is 0.0821. The lowest BCUT2D eigenvalue weighted by Gasteiger charge is -2.42. The average molecular weight is 1150 g/mol. The number of benzene rings is 2. The van der Waals surface area contributed by atoms with E-state index in [1.54, 1.807) is 116 Å². The van der Waals surface area contributed by atoms with Gasteiger partial charge in [0.2, 0.25) is 53.2 Å². The molecule has 1 fully saturated rings. The van der Waals surface area contributed by atoms with Crippen LogP contribution < -0.4 is 53.2 Å². The molecule has 9 amide bonds. The van der Waals surface area contributed by atoms with Gasteiger partial charge in [-0.25, -0.2) is 9.59 Å². The van der Waals surface area contributed by atoms with Crippen LogP contribution in [0.2, 0.25) is 0 Å². The van der Waals surface area contributed by atoms with Gasteiger partial charge in [-0.15, -0.1) is 0 Å². The van der Waals surface area contributed by atoms with Crippen LogP contribution in [0.25, 0.3) is 0 Å². The van der Waals surface area contributed by atoms with Gasteiger partial charge in [-0.1, -0.05) is 101 Å². The van der Waals surface area contributed by atoms with Gasteiger partial charge in [-0.3, -0.25) is 48.1 Å². The zero-order valence-corrected chi connectivity index (χ0v) is 48.1. The third-order valence-electron chi connectivity index (χ3n) is 14.4. The van der Waals surface area contributed by atoms with Gasteiger partial charge in [-0.2, -0.15) is 0 Å². The number of carbonyl (C=O) groups is 11. The van der Waals surface area contributed by atoms with Crippen LogP contribution in [0.1, 0.15) is 84.8 Å². The van der Waals surface area contributed by atoms with Crippen LogP contribution in [0.4, 0.5) is 0 Å². The van der Waals surface area contributed by atoms with E-state index in [0.717, 1.165) is 0 Å². The number of amides is 9. The fourth-order valence-electron chi connectivity index (χ4n) is 9.12. The Morgan fingerprint density at radius 2 is 1.10 bits per heavy atom. The van der Waals surface area contributed by atoms with Gasteiger partial charge in [0, 0.05) is 52.0 Å². The summed E-state index contributed by atoms with van der Waals surface area (Å²) in [5, 5.41) is 47.8. The van der Waals surface area contributed by atoms with E-state index in [-0.39, 0.29) is 77.7 Å². The van der Waals surface area contributed by atoms with Gasteiger partial charge in [0.25, 0.3) is 0 Å². The molecule has 0 radical (unpaired) electrons. The Morgan fingerprint density at radius 3 is 1.60 bits per heavy atom.